The van der Waals surface area contributed by atoms with Gasteiger partial charge in [0.25, 0.3) is 0 Å². The molecule has 6 nitrogen and oxygen atoms in total. The van der Waals surface area contributed by atoms with E-state index in [2.05, 4.69) is 4.85 Å². The van der Waals surface area contributed by atoms with Gasteiger partial charge in [0.1, 0.15) is 5.75 Å². The van der Waals surface area contributed by atoms with Crippen LogP contribution in [0.4, 0.5) is 21.9 Å². The maximum absolute atomic E-state index is 13.9. The largest absolute Gasteiger partial charge is 0.497 e. The van der Waals surface area contributed by atoms with Gasteiger partial charge in [-0.25, -0.2) is 9.64 Å². The van der Waals surface area contributed by atoms with Gasteiger partial charge >= 0.3 is 6.03 Å². The van der Waals surface area contributed by atoms with Crippen molar-refractivity contribution in [1.29, 1.82) is 0 Å². The molecule has 6 heteroatoms. The number of hydrogen-bond acceptors (Lipinski definition) is 3. The van der Waals surface area contributed by atoms with E-state index < -0.39 is 11.3 Å². The fourth-order valence-corrected chi connectivity index (χ4v) is 4.34. The summed E-state index contributed by atoms with van der Waals surface area (Å²) >= 11 is 0. The Bertz CT molecular complexity index is 1200. The number of benzene rings is 3. The molecule has 1 saturated heterocycles. The fourth-order valence-electron chi connectivity index (χ4n) is 4.34. The van der Waals surface area contributed by atoms with E-state index in [0.717, 1.165) is 5.56 Å². The lowest BCUT2D eigenvalue weighted by atomic mass is 9.83. The van der Waals surface area contributed by atoms with Gasteiger partial charge in [-0.2, -0.15) is 0 Å². The molecule has 162 valence electrons. The molecular formula is C26H25N3O3. The van der Waals surface area contributed by atoms with Crippen molar-refractivity contribution < 1.29 is 14.6 Å². The number of aryl methyl sites for hydroxylation is 1. The molecule has 1 fully saturated rings. The standard InChI is InChI=1S/C26H25N3O3/c1-18-9-11-22(12-10-18)29-24(30)28(21-13-15-23(32-5)16-14-21)25(2,3)26(29,31)19-7-6-8-20(17-19)27-4/h6-17,31H,1-3,5H3. The lowest BCUT2D eigenvalue weighted by molar-refractivity contribution is -0.00241. The van der Waals surface area contributed by atoms with E-state index in [-0.39, 0.29) is 6.03 Å². The maximum atomic E-state index is 13.9. The topological polar surface area (TPSA) is 57.4 Å². The van der Waals surface area contributed by atoms with Crippen LogP contribution in [0.25, 0.3) is 4.85 Å². The molecule has 0 radical (unpaired) electrons. The van der Waals surface area contributed by atoms with Gasteiger partial charge in [-0.3, -0.25) is 9.80 Å². The summed E-state index contributed by atoms with van der Waals surface area (Å²) in [6.45, 7) is 13.0. The van der Waals surface area contributed by atoms with Gasteiger partial charge in [0.2, 0.25) is 0 Å². The molecule has 4 rings (SSSR count). The van der Waals surface area contributed by atoms with Crippen LogP contribution in [0.3, 0.4) is 0 Å². The van der Waals surface area contributed by atoms with E-state index >= 15 is 0 Å². The normalized spacial score (nSPS) is 19.7. The Kier molecular flexibility index (Phi) is 5.15. The molecule has 0 aliphatic carbocycles. The van der Waals surface area contributed by atoms with Crippen molar-refractivity contribution in [2.75, 3.05) is 16.9 Å². The molecule has 1 aliphatic heterocycles. The highest BCUT2D eigenvalue weighted by atomic mass is 16.5. The number of urea groups is 1. The van der Waals surface area contributed by atoms with Crippen molar-refractivity contribution in [2.45, 2.75) is 32.0 Å². The van der Waals surface area contributed by atoms with Gasteiger partial charge in [0.15, 0.2) is 11.4 Å². The second-order valence-corrected chi connectivity index (χ2v) is 8.38. The monoisotopic (exact) mass is 427 g/mol. The van der Waals surface area contributed by atoms with Crippen LogP contribution in [0.15, 0.2) is 72.8 Å². The van der Waals surface area contributed by atoms with E-state index in [1.807, 2.05) is 45.0 Å². The number of hydrogen-bond donors (Lipinski definition) is 1. The van der Waals surface area contributed by atoms with Crippen LogP contribution in [0, 0.1) is 13.5 Å². The number of ether oxygens (including phenoxy) is 1. The number of rotatable bonds is 4. The summed E-state index contributed by atoms with van der Waals surface area (Å²) < 4.78 is 5.26. The van der Waals surface area contributed by atoms with Gasteiger partial charge in [-0.05, 0) is 68.8 Å². The first-order valence-corrected chi connectivity index (χ1v) is 10.3. The van der Waals surface area contributed by atoms with Gasteiger partial charge in [0, 0.05) is 11.4 Å². The minimum atomic E-state index is -1.74. The fraction of sp³-hybridized carbons (Fsp3) is 0.231. The van der Waals surface area contributed by atoms with E-state index in [1.54, 1.807) is 60.5 Å². The predicted molar refractivity (Wildman–Crippen MR) is 125 cm³/mol. The van der Waals surface area contributed by atoms with Crippen LogP contribution < -0.4 is 14.5 Å². The Labute approximate surface area is 188 Å². The Morgan fingerprint density at radius 3 is 2.12 bits per heavy atom. The van der Waals surface area contributed by atoms with Crippen molar-refractivity contribution in [3.05, 3.63) is 95.3 Å². The van der Waals surface area contributed by atoms with Crippen LogP contribution in [0.5, 0.6) is 5.75 Å². The van der Waals surface area contributed by atoms with E-state index in [9.17, 15) is 9.90 Å². The third-order valence-corrected chi connectivity index (χ3v) is 6.12. The van der Waals surface area contributed by atoms with Crippen molar-refractivity contribution in [3.8, 4) is 5.75 Å². The third-order valence-electron chi connectivity index (χ3n) is 6.12. The molecule has 3 aromatic carbocycles. The van der Waals surface area contributed by atoms with E-state index in [0.29, 0.717) is 28.4 Å². The van der Waals surface area contributed by atoms with Gasteiger partial charge in [-0.1, -0.05) is 35.9 Å². The van der Waals surface area contributed by atoms with Crippen LogP contribution >= 0.6 is 0 Å². The average molecular weight is 428 g/mol. The van der Waals surface area contributed by atoms with Crippen molar-refractivity contribution in [2.24, 2.45) is 0 Å². The predicted octanol–water partition coefficient (Wildman–Crippen LogP) is 5.62. The smallest absolute Gasteiger partial charge is 0.332 e. The van der Waals surface area contributed by atoms with Crippen LogP contribution in [-0.2, 0) is 5.72 Å². The molecule has 32 heavy (non-hydrogen) atoms. The number of aliphatic hydroxyl groups is 1. The van der Waals surface area contributed by atoms with Crippen LogP contribution in [0.2, 0.25) is 0 Å². The summed E-state index contributed by atoms with van der Waals surface area (Å²) in [6, 6.07) is 21.1. The highest BCUT2D eigenvalue weighted by molar-refractivity contribution is 6.09. The second-order valence-electron chi connectivity index (χ2n) is 8.38. The number of amides is 2. The zero-order valence-corrected chi connectivity index (χ0v) is 18.5. The summed E-state index contributed by atoms with van der Waals surface area (Å²) in [5.74, 6) is 0.675. The van der Waals surface area contributed by atoms with Crippen molar-refractivity contribution >= 4 is 23.1 Å². The SMILES string of the molecule is [C-]#[N+]c1cccc(C2(O)N(c3ccc(C)cc3)C(=O)N(c3ccc(OC)cc3)C2(C)C)c1. The summed E-state index contributed by atoms with van der Waals surface area (Å²) in [6.07, 6.45) is 0. The highest BCUT2D eigenvalue weighted by Gasteiger charge is 2.63. The summed E-state index contributed by atoms with van der Waals surface area (Å²) in [7, 11) is 1.59. The molecule has 2 amide bonds. The lowest BCUT2D eigenvalue weighted by Crippen LogP contribution is -2.56. The average Bonchev–Trinajstić information content (AvgIpc) is 2.96. The van der Waals surface area contributed by atoms with Crippen molar-refractivity contribution in [3.63, 3.8) is 0 Å². The van der Waals surface area contributed by atoms with Gasteiger partial charge < -0.3 is 9.84 Å². The lowest BCUT2D eigenvalue weighted by Gasteiger charge is -2.43. The quantitative estimate of drug-likeness (QED) is 0.550. The Morgan fingerprint density at radius 1 is 0.938 bits per heavy atom. The molecule has 1 aliphatic rings. The van der Waals surface area contributed by atoms with Crippen LogP contribution in [0.1, 0.15) is 25.0 Å². The summed E-state index contributed by atoms with van der Waals surface area (Å²) in [4.78, 5) is 20.4. The highest BCUT2D eigenvalue weighted by Crippen LogP contribution is 2.51. The van der Waals surface area contributed by atoms with Crippen LogP contribution in [-0.4, -0.2) is 23.8 Å². The first kappa shape index (κ1) is 21.4. The molecule has 0 aromatic heterocycles. The maximum Gasteiger partial charge on any atom is 0.332 e. The molecular weight excluding hydrogens is 402 g/mol. The molecule has 0 spiro atoms. The summed E-state index contributed by atoms with van der Waals surface area (Å²) in [5.41, 5.74) is 0.303. The molecule has 1 atom stereocenters. The number of carbonyl (C=O) groups is 1. The Balaban J connectivity index is 1.95. The van der Waals surface area contributed by atoms with E-state index in [4.69, 9.17) is 11.3 Å². The first-order chi connectivity index (χ1) is 15.2. The number of nitrogens with zero attached hydrogens (tertiary/aromatic N) is 3. The molecule has 3 aromatic rings. The molecule has 1 N–H and O–H groups in total. The molecule has 1 heterocycles. The zero-order chi connectivity index (χ0) is 23.1. The zero-order valence-electron chi connectivity index (χ0n) is 18.5. The molecule has 1 unspecified atom stereocenters. The van der Waals surface area contributed by atoms with Gasteiger partial charge in [0.05, 0.1) is 19.2 Å². The minimum absolute atomic E-state index is 0.361. The number of methoxy groups -OCH3 is 1. The second kappa shape index (κ2) is 7.70. The number of carbonyl (C=O) groups excluding carboxylic acids is 1. The molecule has 0 saturated carbocycles. The Hall–Kier alpha value is -3.82. The van der Waals surface area contributed by atoms with Gasteiger partial charge in [-0.15, -0.1) is 0 Å². The minimum Gasteiger partial charge on any atom is -0.497 e. The first-order valence-electron chi connectivity index (χ1n) is 10.3. The third kappa shape index (κ3) is 3.10. The number of anilines is 2. The van der Waals surface area contributed by atoms with Crippen molar-refractivity contribution in [1.82, 2.24) is 0 Å². The molecule has 0 bridgehead atoms. The Morgan fingerprint density at radius 2 is 1.53 bits per heavy atom. The van der Waals surface area contributed by atoms with E-state index in [1.165, 1.54) is 4.90 Å². The summed E-state index contributed by atoms with van der Waals surface area (Å²) in [5, 5.41) is 12.3.